The Bertz CT molecular complexity index is 154. The van der Waals surface area contributed by atoms with E-state index in [4.69, 9.17) is 5.73 Å². The highest BCUT2D eigenvalue weighted by molar-refractivity contribution is 7.80. The lowest BCUT2D eigenvalue weighted by molar-refractivity contribution is 0.924. The molecule has 0 fully saturated rings. The minimum Gasteiger partial charge on any atom is -0.375 e. The van der Waals surface area contributed by atoms with Crippen LogP contribution in [0.4, 0.5) is 0 Å². The topological polar surface area (TPSA) is 50.4 Å². The molecule has 0 aromatic carbocycles. The van der Waals surface area contributed by atoms with E-state index in [9.17, 15) is 0 Å². The molecule has 3 nitrogen and oxygen atoms in total. The average molecular weight is 173 g/mol. The van der Waals surface area contributed by atoms with E-state index in [0.717, 1.165) is 25.0 Å². The highest BCUT2D eigenvalue weighted by Gasteiger charge is 1.93. The molecule has 0 bridgehead atoms. The molecule has 0 saturated carbocycles. The fraction of sp³-hybridized carbons (Fsp3) is 0.714. The second-order valence-electron chi connectivity index (χ2n) is 2.26. The molecule has 0 aliphatic rings. The summed E-state index contributed by atoms with van der Waals surface area (Å²) >= 11 is 4.61. The second kappa shape index (κ2) is 6.09. The fourth-order valence-corrected chi connectivity index (χ4v) is 0.780. The van der Waals surface area contributed by atoms with Gasteiger partial charge in [-0.15, -0.1) is 0 Å². The van der Waals surface area contributed by atoms with Crippen LogP contribution in [0.5, 0.6) is 0 Å². The maximum Gasteiger partial charge on any atom is 0.184 e. The van der Waals surface area contributed by atoms with Crippen molar-refractivity contribution in [2.75, 3.05) is 0 Å². The van der Waals surface area contributed by atoms with Gasteiger partial charge in [0.1, 0.15) is 0 Å². The molecule has 0 aliphatic heterocycles. The van der Waals surface area contributed by atoms with Crippen LogP contribution in [0.2, 0.25) is 0 Å². The number of hydrogen-bond donors (Lipinski definition) is 2. The van der Waals surface area contributed by atoms with Gasteiger partial charge in [0.05, 0.1) is 0 Å². The largest absolute Gasteiger partial charge is 0.375 e. The summed E-state index contributed by atoms with van der Waals surface area (Å²) in [6.45, 7) is 4.18. The van der Waals surface area contributed by atoms with Crippen molar-refractivity contribution in [2.45, 2.75) is 33.1 Å². The van der Waals surface area contributed by atoms with Crippen molar-refractivity contribution in [3.8, 4) is 0 Å². The summed E-state index contributed by atoms with van der Waals surface area (Å²) in [5.74, 6) is 0. The fourth-order valence-electron chi connectivity index (χ4n) is 0.734. The van der Waals surface area contributed by atoms with Gasteiger partial charge < -0.3 is 5.73 Å². The van der Waals surface area contributed by atoms with Crippen molar-refractivity contribution < 1.29 is 0 Å². The highest BCUT2D eigenvalue weighted by atomic mass is 32.1. The number of nitrogens with zero attached hydrogens (tertiary/aromatic N) is 1. The molecule has 0 aromatic rings. The van der Waals surface area contributed by atoms with Gasteiger partial charge in [-0.05, 0) is 25.1 Å². The molecule has 64 valence electrons. The van der Waals surface area contributed by atoms with Crippen LogP contribution in [0, 0.1) is 0 Å². The van der Waals surface area contributed by atoms with Crippen LogP contribution in [0.1, 0.15) is 33.1 Å². The summed E-state index contributed by atoms with van der Waals surface area (Å²) < 4.78 is 0. The van der Waals surface area contributed by atoms with Crippen molar-refractivity contribution in [1.29, 1.82) is 0 Å². The number of hydrogen-bond acceptors (Lipinski definition) is 2. The third-order valence-corrected chi connectivity index (χ3v) is 1.36. The van der Waals surface area contributed by atoms with Crippen LogP contribution in [0.25, 0.3) is 0 Å². The Balaban J connectivity index is 3.80. The highest BCUT2D eigenvalue weighted by Crippen LogP contribution is 1.94. The Morgan fingerprint density at radius 1 is 1.55 bits per heavy atom. The summed E-state index contributed by atoms with van der Waals surface area (Å²) in [5.41, 5.74) is 8.89. The van der Waals surface area contributed by atoms with Crippen LogP contribution >= 0.6 is 12.2 Å². The van der Waals surface area contributed by atoms with Crippen LogP contribution in [0.15, 0.2) is 5.10 Å². The number of thiocarbonyl (C=S) groups is 1. The average Bonchev–Trinajstić information content (AvgIpc) is 1.97. The smallest absolute Gasteiger partial charge is 0.184 e. The molecule has 0 unspecified atom stereocenters. The normalized spacial score (nSPS) is 11.3. The minimum atomic E-state index is 0.229. The zero-order chi connectivity index (χ0) is 8.69. The van der Waals surface area contributed by atoms with Gasteiger partial charge in [-0.25, -0.2) is 0 Å². The summed E-state index contributed by atoms with van der Waals surface area (Å²) in [7, 11) is 0. The van der Waals surface area contributed by atoms with Gasteiger partial charge in [-0.1, -0.05) is 20.3 Å². The maximum atomic E-state index is 5.20. The van der Waals surface area contributed by atoms with Gasteiger partial charge in [-0.3, -0.25) is 5.43 Å². The van der Waals surface area contributed by atoms with Crippen LogP contribution in [0.3, 0.4) is 0 Å². The summed E-state index contributed by atoms with van der Waals surface area (Å²) in [6.07, 6.45) is 3.06. The van der Waals surface area contributed by atoms with E-state index in [1.54, 1.807) is 0 Å². The predicted molar refractivity (Wildman–Crippen MR) is 52.6 cm³/mol. The number of nitrogens with one attached hydrogen (secondary N) is 1. The summed E-state index contributed by atoms with van der Waals surface area (Å²) in [6, 6.07) is 0. The molecule has 0 spiro atoms. The lowest BCUT2D eigenvalue weighted by atomic mass is 10.2. The Kier molecular flexibility index (Phi) is 5.74. The van der Waals surface area contributed by atoms with Crippen molar-refractivity contribution in [2.24, 2.45) is 10.8 Å². The van der Waals surface area contributed by atoms with Crippen molar-refractivity contribution in [1.82, 2.24) is 5.43 Å². The predicted octanol–water partition coefficient (Wildman–Crippen LogP) is 1.39. The Morgan fingerprint density at radius 3 is 2.55 bits per heavy atom. The standard InChI is InChI=1S/C7H15N3S/c1-3-5-6(4-2)9-10-7(8)11/h3-5H2,1-2H3,(H3,8,10,11)/b9-6-. The summed E-state index contributed by atoms with van der Waals surface area (Å²) in [5, 5.41) is 4.26. The van der Waals surface area contributed by atoms with Crippen LogP contribution < -0.4 is 11.2 Å². The lowest BCUT2D eigenvalue weighted by Crippen LogP contribution is -2.25. The monoisotopic (exact) mass is 173 g/mol. The first-order valence-electron chi connectivity index (χ1n) is 3.81. The van der Waals surface area contributed by atoms with Crippen LogP contribution in [-0.4, -0.2) is 10.8 Å². The lowest BCUT2D eigenvalue weighted by Gasteiger charge is -2.01. The molecular formula is C7H15N3S. The third-order valence-electron chi connectivity index (χ3n) is 1.27. The molecule has 0 aliphatic carbocycles. The van der Waals surface area contributed by atoms with Crippen molar-refractivity contribution in [3.63, 3.8) is 0 Å². The van der Waals surface area contributed by atoms with E-state index >= 15 is 0 Å². The van der Waals surface area contributed by atoms with E-state index in [-0.39, 0.29) is 5.11 Å². The van der Waals surface area contributed by atoms with E-state index in [2.05, 4.69) is 36.6 Å². The first kappa shape index (κ1) is 10.4. The molecule has 0 saturated heterocycles. The molecule has 0 rings (SSSR count). The molecule has 0 aromatic heterocycles. The first-order valence-corrected chi connectivity index (χ1v) is 4.22. The molecule has 4 heteroatoms. The zero-order valence-electron chi connectivity index (χ0n) is 7.05. The van der Waals surface area contributed by atoms with E-state index in [1.807, 2.05) is 0 Å². The van der Waals surface area contributed by atoms with Crippen molar-refractivity contribution in [3.05, 3.63) is 0 Å². The minimum absolute atomic E-state index is 0.229. The first-order chi connectivity index (χ1) is 5.20. The van der Waals surface area contributed by atoms with Gasteiger partial charge in [0.15, 0.2) is 5.11 Å². The van der Waals surface area contributed by atoms with Crippen molar-refractivity contribution >= 4 is 23.0 Å². The molecule has 0 heterocycles. The zero-order valence-corrected chi connectivity index (χ0v) is 7.87. The van der Waals surface area contributed by atoms with Gasteiger partial charge in [0.2, 0.25) is 0 Å². The second-order valence-corrected chi connectivity index (χ2v) is 2.70. The summed E-state index contributed by atoms with van der Waals surface area (Å²) in [4.78, 5) is 0. The Hall–Kier alpha value is -0.640. The third kappa shape index (κ3) is 5.79. The molecule has 0 amide bonds. The van der Waals surface area contributed by atoms with Gasteiger partial charge in [0.25, 0.3) is 0 Å². The van der Waals surface area contributed by atoms with Crippen LogP contribution in [-0.2, 0) is 0 Å². The van der Waals surface area contributed by atoms with Gasteiger partial charge >= 0.3 is 0 Å². The number of rotatable bonds is 4. The van der Waals surface area contributed by atoms with Gasteiger partial charge in [0, 0.05) is 5.71 Å². The molecule has 0 radical (unpaired) electrons. The van der Waals surface area contributed by atoms with E-state index in [0.29, 0.717) is 0 Å². The molecular weight excluding hydrogens is 158 g/mol. The Labute approximate surface area is 73.0 Å². The maximum absolute atomic E-state index is 5.20. The van der Waals surface area contributed by atoms with E-state index in [1.165, 1.54) is 0 Å². The Morgan fingerprint density at radius 2 is 2.18 bits per heavy atom. The SMILES string of the molecule is CCC/C(CC)=N\NC(N)=S. The molecule has 0 atom stereocenters. The van der Waals surface area contributed by atoms with Gasteiger partial charge in [-0.2, -0.15) is 5.10 Å². The molecule has 11 heavy (non-hydrogen) atoms. The quantitative estimate of drug-likeness (QED) is 0.384. The van der Waals surface area contributed by atoms with E-state index < -0.39 is 0 Å². The molecule has 3 N–H and O–H groups in total. The number of nitrogens with two attached hydrogens (primary N) is 1. The number of hydrazone groups is 1.